The van der Waals surface area contributed by atoms with Crippen molar-refractivity contribution in [1.29, 1.82) is 0 Å². The summed E-state index contributed by atoms with van der Waals surface area (Å²) in [4.78, 5) is 4.18. The number of aromatic nitrogens is 2. The van der Waals surface area contributed by atoms with Crippen LogP contribution in [0.3, 0.4) is 0 Å². The number of methoxy groups -OCH3 is 1. The van der Waals surface area contributed by atoms with Crippen molar-refractivity contribution in [3.05, 3.63) is 5.82 Å². The van der Waals surface area contributed by atoms with Crippen LogP contribution >= 0.6 is 0 Å². The Bertz CT molecular complexity index is 269. The van der Waals surface area contributed by atoms with E-state index in [1.807, 2.05) is 20.8 Å². The van der Waals surface area contributed by atoms with E-state index in [9.17, 15) is 0 Å². The maximum Gasteiger partial charge on any atom is 0.321 e. The van der Waals surface area contributed by atoms with E-state index in [1.54, 1.807) is 7.11 Å². The second kappa shape index (κ2) is 4.95. The van der Waals surface area contributed by atoms with Crippen LogP contribution in [0.15, 0.2) is 4.52 Å². The standard InChI is InChI=1S/C9H17N3O2/c1-5-7(13-4)8-11-9(14-12-8)10-6(2)3/h6-7H,5H2,1-4H3,(H,10,11,12). The fraction of sp³-hybridized carbons (Fsp3) is 0.778. The molecule has 1 rings (SSSR count). The van der Waals surface area contributed by atoms with Crippen LogP contribution < -0.4 is 5.32 Å². The van der Waals surface area contributed by atoms with Crippen LogP contribution in [0.5, 0.6) is 0 Å². The number of hydrogen-bond donors (Lipinski definition) is 1. The molecule has 1 heterocycles. The van der Waals surface area contributed by atoms with Gasteiger partial charge in [-0.1, -0.05) is 12.1 Å². The molecule has 14 heavy (non-hydrogen) atoms. The largest absolute Gasteiger partial charge is 0.373 e. The van der Waals surface area contributed by atoms with Gasteiger partial charge >= 0.3 is 6.01 Å². The van der Waals surface area contributed by atoms with Crippen molar-refractivity contribution in [2.75, 3.05) is 12.4 Å². The molecule has 1 unspecified atom stereocenters. The summed E-state index contributed by atoms with van der Waals surface area (Å²) in [6.07, 6.45) is 0.749. The molecule has 0 radical (unpaired) electrons. The number of anilines is 1. The Morgan fingerprint density at radius 1 is 1.50 bits per heavy atom. The average molecular weight is 199 g/mol. The van der Waals surface area contributed by atoms with Gasteiger partial charge in [-0.3, -0.25) is 0 Å². The minimum Gasteiger partial charge on any atom is -0.373 e. The molecule has 0 aliphatic carbocycles. The molecule has 5 heteroatoms. The van der Waals surface area contributed by atoms with E-state index < -0.39 is 0 Å². The summed E-state index contributed by atoms with van der Waals surface area (Å²) < 4.78 is 10.2. The zero-order chi connectivity index (χ0) is 10.6. The molecule has 0 aliphatic heterocycles. The van der Waals surface area contributed by atoms with E-state index >= 15 is 0 Å². The maximum atomic E-state index is 5.19. The van der Waals surface area contributed by atoms with Crippen LogP contribution in [-0.2, 0) is 4.74 Å². The lowest BCUT2D eigenvalue weighted by atomic mass is 10.3. The molecule has 1 atom stereocenters. The molecule has 0 saturated heterocycles. The van der Waals surface area contributed by atoms with Crippen molar-refractivity contribution in [3.63, 3.8) is 0 Å². The van der Waals surface area contributed by atoms with Gasteiger partial charge in [0.2, 0.25) is 5.82 Å². The highest BCUT2D eigenvalue weighted by atomic mass is 16.5. The molecule has 0 fully saturated rings. The van der Waals surface area contributed by atoms with Crippen LogP contribution in [0, 0.1) is 0 Å². The van der Waals surface area contributed by atoms with E-state index in [2.05, 4.69) is 15.5 Å². The smallest absolute Gasteiger partial charge is 0.321 e. The maximum absolute atomic E-state index is 5.19. The first-order chi connectivity index (χ1) is 6.67. The van der Waals surface area contributed by atoms with Crippen molar-refractivity contribution in [2.45, 2.75) is 39.3 Å². The molecule has 0 spiro atoms. The number of nitrogens with zero attached hydrogens (tertiary/aromatic N) is 2. The Balaban J connectivity index is 2.66. The third-order valence-corrected chi connectivity index (χ3v) is 1.80. The highest BCUT2D eigenvalue weighted by molar-refractivity contribution is 5.19. The molecule has 1 N–H and O–H groups in total. The predicted octanol–water partition coefficient (Wildman–Crippen LogP) is 1.99. The van der Waals surface area contributed by atoms with Crippen LogP contribution in [0.25, 0.3) is 0 Å². The van der Waals surface area contributed by atoms with E-state index in [0.29, 0.717) is 11.8 Å². The summed E-state index contributed by atoms with van der Waals surface area (Å²) in [5.41, 5.74) is 0. The minimum absolute atomic E-state index is 0.0820. The second-order valence-electron chi connectivity index (χ2n) is 3.39. The number of nitrogens with one attached hydrogen (secondary N) is 1. The van der Waals surface area contributed by atoms with Gasteiger partial charge in [-0.2, -0.15) is 4.98 Å². The Morgan fingerprint density at radius 2 is 2.21 bits per heavy atom. The molecule has 80 valence electrons. The number of hydrogen-bond acceptors (Lipinski definition) is 5. The molecular formula is C9H17N3O2. The molecule has 0 saturated carbocycles. The Morgan fingerprint density at radius 3 is 2.71 bits per heavy atom. The summed E-state index contributed by atoms with van der Waals surface area (Å²) in [6.45, 7) is 6.04. The van der Waals surface area contributed by atoms with Gasteiger partial charge in [-0.15, -0.1) is 0 Å². The fourth-order valence-electron chi connectivity index (χ4n) is 1.13. The first-order valence-corrected chi connectivity index (χ1v) is 4.80. The minimum atomic E-state index is -0.0820. The third-order valence-electron chi connectivity index (χ3n) is 1.80. The number of ether oxygens (including phenoxy) is 1. The van der Waals surface area contributed by atoms with Crippen molar-refractivity contribution in [3.8, 4) is 0 Å². The predicted molar refractivity (Wildman–Crippen MR) is 53.1 cm³/mol. The Labute approximate surface area is 83.8 Å². The Hall–Kier alpha value is -1.10. The van der Waals surface area contributed by atoms with Gasteiger partial charge in [0, 0.05) is 13.2 Å². The SMILES string of the molecule is CCC(OC)c1noc(NC(C)C)n1. The molecule has 0 aliphatic rings. The highest BCUT2D eigenvalue weighted by Gasteiger charge is 2.15. The lowest BCUT2D eigenvalue weighted by molar-refractivity contribution is 0.0903. The lowest BCUT2D eigenvalue weighted by Crippen LogP contribution is -2.10. The van der Waals surface area contributed by atoms with Crippen molar-refractivity contribution >= 4 is 6.01 Å². The topological polar surface area (TPSA) is 60.2 Å². The summed E-state index contributed by atoms with van der Waals surface area (Å²) in [7, 11) is 1.64. The van der Waals surface area contributed by atoms with Crippen molar-refractivity contribution in [1.82, 2.24) is 10.1 Å². The van der Waals surface area contributed by atoms with Crippen LogP contribution in [0.4, 0.5) is 6.01 Å². The van der Waals surface area contributed by atoms with Gasteiger partial charge in [0.1, 0.15) is 6.10 Å². The van der Waals surface area contributed by atoms with E-state index in [4.69, 9.17) is 9.26 Å². The van der Waals surface area contributed by atoms with Crippen molar-refractivity contribution < 1.29 is 9.26 Å². The first kappa shape index (κ1) is 11.0. The number of rotatable bonds is 5. The molecule has 0 aromatic carbocycles. The second-order valence-corrected chi connectivity index (χ2v) is 3.39. The molecular weight excluding hydrogens is 182 g/mol. The lowest BCUT2D eigenvalue weighted by Gasteiger charge is -2.06. The van der Waals surface area contributed by atoms with Crippen LogP contribution in [0.1, 0.15) is 39.1 Å². The zero-order valence-corrected chi connectivity index (χ0v) is 9.07. The summed E-state index contributed by atoms with van der Waals surface area (Å²) in [5, 5.41) is 6.87. The monoisotopic (exact) mass is 199 g/mol. The summed E-state index contributed by atoms with van der Waals surface area (Å²) in [5.74, 6) is 0.596. The molecule has 5 nitrogen and oxygen atoms in total. The first-order valence-electron chi connectivity index (χ1n) is 4.80. The normalized spacial score (nSPS) is 13.2. The Kier molecular flexibility index (Phi) is 3.88. The third kappa shape index (κ3) is 2.70. The van der Waals surface area contributed by atoms with E-state index in [1.165, 1.54) is 0 Å². The summed E-state index contributed by atoms with van der Waals surface area (Å²) in [6, 6.07) is 0.733. The van der Waals surface area contributed by atoms with E-state index in [-0.39, 0.29) is 12.1 Å². The van der Waals surface area contributed by atoms with Gasteiger partial charge in [0.25, 0.3) is 0 Å². The highest BCUT2D eigenvalue weighted by Crippen LogP contribution is 2.18. The van der Waals surface area contributed by atoms with Gasteiger partial charge in [-0.25, -0.2) is 0 Å². The average Bonchev–Trinajstić information content (AvgIpc) is 2.54. The zero-order valence-electron chi connectivity index (χ0n) is 9.07. The molecule has 1 aromatic heterocycles. The van der Waals surface area contributed by atoms with Gasteiger partial charge < -0.3 is 14.6 Å². The quantitative estimate of drug-likeness (QED) is 0.785. The molecule has 0 bridgehead atoms. The van der Waals surface area contributed by atoms with Crippen LogP contribution in [-0.4, -0.2) is 23.3 Å². The van der Waals surface area contributed by atoms with Gasteiger partial charge in [0.05, 0.1) is 0 Å². The van der Waals surface area contributed by atoms with Crippen LogP contribution in [0.2, 0.25) is 0 Å². The van der Waals surface area contributed by atoms with Gasteiger partial charge in [-0.05, 0) is 20.3 Å². The van der Waals surface area contributed by atoms with E-state index in [0.717, 1.165) is 6.42 Å². The summed E-state index contributed by atoms with van der Waals surface area (Å²) >= 11 is 0. The molecule has 0 amide bonds. The van der Waals surface area contributed by atoms with Gasteiger partial charge in [0.15, 0.2) is 0 Å². The van der Waals surface area contributed by atoms with Crippen molar-refractivity contribution in [2.24, 2.45) is 0 Å². The fourth-order valence-corrected chi connectivity index (χ4v) is 1.13. The molecule has 1 aromatic rings.